The minimum atomic E-state index is 0.0545. The molecule has 2 saturated heterocycles. The normalized spacial score (nSPS) is 18.0. The van der Waals surface area contributed by atoms with Crippen LogP contribution in [0.5, 0.6) is 5.75 Å². The van der Waals surface area contributed by atoms with E-state index >= 15 is 0 Å². The van der Waals surface area contributed by atoms with Crippen LogP contribution in [0.15, 0.2) is 36.5 Å². The summed E-state index contributed by atoms with van der Waals surface area (Å²) in [4.78, 5) is 21.5. The topological polar surface area (TPSA) is 66.9 Å². The summed E-state index contributed by atoms with van der Waals surface area (Å²) in [5.74, 6) is 1.52. The Kier molecular flexibility index (Phi) is 7.73. The highest BCUT2D eigenvalue weighted by Crippen LogP contribution is 2.28. The number of pyridine rings is 1. The molecule has 1 aromatic heterocycles. The van der Waals surface area contributed by atoms with Gasteiger partial charge in [-0.1, -0.05) is 0 Å². The standard InChI is InChI=1S/C25H34N4O3/c1-28-11-13-29(14-12-28)25(30)21-3-5-23(27-16-21)20-4-6-24(22(15-20)18-31-2)32-17-19-7-9-26-10-8-19/h3-6,15-16,19,26H,7-14,17-18H2,1-2H3. The van der Waals surface area contributed by atoms with E-state index in [9.17, 15) is 4.79 Å². The van der Waals surface area contributed by atoms with Crippen LogP contribution in [0.4, 0.5) is 0 Å². The predicted octanol–water partition coefficient (Wildman–Crippen LogP) is 2.66. The van der Waals surface area contributed by atoms with Crippen molar-refractivity contribution in [3.63, 3.8) is 0 Å². The van der Waals surface area contributed by atoms with Gasteiger partial charge in [-0.3, -0.25) is 9.78 Å². The van der Waals surface area contributed by atoms with Crippen LogP contribution in [0, 0.1) is 5.92 Å². The number of piperazine rings is 1. The lowest BCUT2D eigenvalue weighted by Gasteiger charge is -2.32. The van der Waals surface area contributed by atoms with Crippen LogP contribution < -0.4 is 10.1 Å². The van der Waals surface area contributed by atoms with Gasteiger partial charge >= 0.3 is 0 Å². The molecule has 0 saturated carbocycles. The van der Waals surface area contributed by atoms with Gasteiger partial charge in [-0.25, -0.2) is 0 Å². The van der Waals surface area contributed by atoms with Crippen molar-refractivity contribution in [1.82, 2.24) is 20.1 Å². The molecule has 0 spiro atoms. The van der Waals surface area contributed by atoms with Crippen molar-refractivity contribution in [2.45, 2.75) is 19.4 Å². The molecule has 0 radical (unpaired) electrons. The van der Waals surface area contributed by atoms with E-state index in [4.69, 9.17) is 9.47 Å². The van der Waals surface area contributed by atoms with Crippen LogP contribution in [-0.4, -0.2) is 80.7 Å². The summed E-state index contributed by atoms with van der Waals surface area (Å²) >= 11 is 0. The van der Waals surface area contributed by atoms with Gasteiger partial charge in [0, 0.05) is 50.6 Å². The third-order valence-electron chi connectivity index (χ3n) is 6.39. The average molecular weight is 439 g/mol. The summed E-state index contributed by atoms with van der Waals surface area (Å²) in [5, 5.41) is 3.39. The van der Waals surface area contributed by atoms with Crippen LogP contribution in [0.25, 0.3) is 11.3 Å². The predicted molar refractivity (Wildman–Crippen MR) is 125 cm³/mol. The van der Waals surface area contributed by atoms with Crippen LogP contribution in [0.3, 0.4) is 0 Å². The maximum atomic E-state index is 12.8. The highest BCUT2D eigenvalue weighted by molar-refractivity contribution is 5.94. The fourth-order valence-corrected chi connectivity index (χ4v) is 4.29. The first kappa shape index (κ1) is 22.7. The number of carbonyl (C=O) groups is 1. The van der Waals surface area contributed by atoms with Crippen molar-refractivity contribution in [2.75, 3.05) is 60.0 Å². The molecule has 1 amide bonds. The molecule has 0 unspecified atom stereocenters. The first-order valence-corrected chi connectivity index (χ1v) is 11.5. The quantitative estimate of drug-likeness (QED) is 0.717. The van der Waals surface area contributed by atoms with E-state index in [-0.39, 0.29) is 5.91 Å². The van der Waals surface area contributed by atoms with E-state index in [1.54, 1.807) is 13.3 Å². The number of ether oxygens (including phenoxy) is 2. The van der Waals surface area contributed by atoms with E-state index in [0.29, 0.717) is 18.1 Å². The summed E-state index contributed by atoms with van der Waals surface area (Å²) in [5.41, 5.74) is 3.47. The third kappa shape index (κ3) is 5.65. The molecule has 2 aliphatic rings. The molecule has 2 aliphatic heterocycles. The Hall–Kier alpha value is -2.48. The van der Waals surface area contributed by atoms with Crippen LogP contribution >= 0.6 is 0 Å². The zero-order valence-corrected chi connectivity index (χ0v) is 19.2. The second-order valence-electron chi connectivity index (χ2n) is 8.79. The Morgan fingerprint density at radius 3 is 2.59 bits per heavy atom. The summed E-state index contributed by atoms with van der Waals surface area (Å²) in [6.45, 7) is 6.69. The number of benzene rings is 1. The van der Waals surface area contributed by atoms with Gasteiger partial charge in [0.1, 0.15) is 5.75 Å². The molecule has 7 nitrogen and oxygen atoms in total. The minimum Gasteiger partial charge on any atom is -0.493 e. The first-order valence-electron chi connectivity index (χ1n) is 11.5. The van der Waals surface area contributed by atoms with Crippen LogP contribution in [-0.2, 0) is 11.3 Å². The van der Waals surface area contributed by atoms with Crippen molar-refractivity contribution in [1.29, 1.82) is 0 Å². The second kappa shape index (κ2) is 10.9. The van der Waals surface area contributed by atoms with Gasteiger partial charge in [-0.05, 0) is 69.2 Å². The molecule has 172 valence electrons. The fourth-order valence-electron chi connectivity index (χ4n) is 4.29. The number of carbonyl (C=O) groups excluding carboxylic acids is 1. The third-order valence-corrected chi connectivity index (χ3v) is 6.39. The number of likely N-dealkylation sites (N-methyl/N-ethyl adjacent to an activating group) is 1. The Balaban J connectivity index is 1.44. The maximum absolute atomic E-state index is 12.8. The Morgan fingerprint density at radius 2 is 1.91 bits per heavy atom. The number of methoxy groups -OCH3 is 1. The Labute approximate surface area is 190 Å². The van der Waals surface area contributed by atoms with Crippen molar-refractivity contribution < 1.29 is 14.3 Å². The number of rotatable bonds is 7. The van der Waals surface area contributed by atoms with Crippen molar-refractivity contribution in [2.24, 2.45) is 5.92 Å². The monoisotopic (exact) mass is 438 g/mol. The number of piperidine rings is 1. The Bertz CT molecular complexity index is 889. The van der Waals surface area contributed by atoms with Crippen molar-refractivity contribution in [3.05, 3.63) is 47.7 Å². The number of nitrogens with one attached hydrogen (secondary N) is 1. The van der Waals surface area contributed by atoms with E-state index in [0.717, 1.165) is 81.3 Å². The van der Waals surface area contributed by atoms with Gasteiger partial charge in [-0.15, -0.1) is 0 Å². The van der Waals surface area contributed by atoms with Crippen molar-refractivity contribution in [3.8, 4) is 17.0 Å². The van der Waals surface area contributed by atoms with Gasteiger partial charge in [0.15, 0.2) is 0 Å². The van der Waals surface area contributed by atoms with Gasteiger partial charge in [0.2, 0.25) is 0 Å². The largest absolute Gasteiger partial charge is 0.493 e. The summed E-state index contributed by atoms with van der Waals surface area (Å²) in [6, 6.07) is 9.91. The average Bonchev–Trinajstić information content (AvgIpc) is 2.84. The molecule has 0 aliphatic carbocycles. The van der Waals surface area contributed by atoms with E-state index < -0.39 is 0 Å². The van der Waals surface area contributed by atoms with Gasteiger partial charge < -0.3 is 24.6 Å². The first-order chi connectivity index (χ1) is 15.6. The SMILES string of the molecule is COCc1cc(-c2ccc(C(=O)N3CCN(C)CC3)cn2)ccc1OCC1CCNCC1. The van der Waals surface area contributed by atoms with Gasteiger partial charge in [0.05, 0.1) is 24.5 Å². The molecular weight excluding hydrogens is 404 g/mol. The van der Waals surface area contributed by atoms with E-state index in [2.05, 4.69) is 28.3 Å². The van der Waals surface area contributed by atoms with Gasteiger partial charge in [-0.2, -0.15) is 0 Å². The molecule has 0 atom stereocenters. The smallest absolute Gasteiger partial charge is 0.255 e. The summed E-state index contributed by atoms with van der Waals surface area (Å²) < 4.78 is 11.6. The number of nitrogens with zero attached hydrogens (tertiary/aromatic N) is 3. The number of hydrogen-bond acceptors (Lipinski definition) is 6. The lowest BCUT2D eigenvalue weighted by molar-refractivity contribution is 0.0663. The highest BCUT2D eigenvalue weighted by Gasteiger charge is 2.21. The molecule has 3 heterocycles. The van der Waals surface area contributed by atoms with Crippen LogP contribution in [0.2, 0.25) is 0 Å². The highest BCUT2D eigenvalue weighted by atomic mass is 16.5. The zero-order chi connectivity index (χ0) is 22.3. The summed E-state index contributed by atoms with van der Waals surface area (Å²) in [7, 11) is 3.78. The lowest BCUT2D eigenvalue weighted by Crippen LogP contribution is -2.47. The fraction of sp³-hybridized carbons (Fsp3) is 0.520. The van der Waals surface area contributed by atoms with Gasteiger partial charge in [0.25, 0.3) is 5.91 Å². The number of hydrogen-bond donors (Lipinski definition) is 1. The molecular formula is C25H34N4O3. The lowest BCUT2D eigenvalue weighted by atomic mass is 9.99. The molecule has 1 N–H and O–H groups in total. The maximum Gasteiger partial charge on any atom is 0.255 e. The second-order valence-corrected chi connectivity index (χ2v) is 8.79. The van der Waals surface area contributed by atoms with E-state index in [1.165, 1.54) is 0 Å². The minimum absolute atomic E-state index is 0.0545. The Morgan fingerprint density at radius 1 is 1.12 bits per heavy atom. The number of aromatic nitrogens is 1. The van der Waals surface area contributed by atoms with E-state index in [1.807, 2.05) is 29.2 Å². The molecule has 2 fully saturated rings. The molecule has 32 heavy (non-hydrogen) atoms. The zero-order valence-electron chi connectivity index (χ0n) is 19.2. The van der Waals surface area contributed by atoms with Crippen LogP contribution in [0.1, 0.15) is 28.8 Å². The van der Waals surface area contributed by atoms with Crippen molar-refractivity contribution >= 4 is 5.91 Å². The molecule has 2 aromatic rings. The molecule has 1 aromatic carbocycles. The summed E-state index contributed by atoms with van der Waals surface area (Å²) in [6.07, 6.45) is 4.00. The molecule has 7 heteroatoms. The molecule has 0 bridgehead atoms. The number of amides is 1. The molecule has 4 rings (SSSR count).